The van der Waals surface area contributed by atoms with Crippen molar-refractivity contribution in [1.82, 2.24) is 15.2 Å². The minimum Gasteiger partial charge on any atom is -0.436 e. The van der Waals surface area contributed by atoms with Crippen molar-refractivity contribution in [3.05, 3.63) is 17.3 Å². The molecule has 20 heavy (non-hydrogen) atoms. The second-order valence-corrected chi connectivity index (χ2v) is 5.58. The first-order valence-corrected chi connectivity index (χ1v) is 7.22. The Kier molecular flexibility index (Phi) is 3.76. The molecule has 0 bridgehead atoms. The van der Waals surface area contributed by atoms with Crippen molar-refractivity contribution < 1.29 is 13.9 Å². The Morgan fingerprint density at radius 1 is 1.30 bits per heavy atom. The Labute approximate surface area is 118 Å². The normalized spacial score (nSPS) is 27.1. The van der Waals surface area contributed by atoms with Crippen LogP contribution in [0.1, 0.15) is 35.0 Å². The largest absolute Gasteiger partial charge is 0.436 e. The van der Waals surface area contributed by atoms with Gasteiger partial charge in [-0.15, -0.1) is 0 Å². The second-order valence-electron chi connectivity index (χ2n) is 5.58. The van der Waals surface area contributed by atoms with Gasteiger partial charge in [0.25, 0.3) is 5.91 Å². The molecule has 2 saturated heterocycles. The summed E-state index contributed by atoms with van der Waals surface area (Å²) >= 11 is 0. The number of hydrogen-bond donors (Lipinski definition) is 1. The van der Waals surface area contributed by atoms with Crippen LogP contribution >= 0.6 is 0 Å². The van der Waals surface area contributed by atoms with E-state index in [2.05, 4.69) is 15.2 Å². The molecule has 0 spiro atoms. The van der Waals surface area contributed by atoms with Crippen LogP contribution in [0.25, 0.3) is 0 Å². The highest BCUT2D eigenvalue weighted by molar-refractivity contribution is 5.92. The lowest BCUT2D eigenvalue weighted by Crippen LogP contribution is -2.50. The maximum atomic E-state index is 12.3. The minimum atomic E-state index is -0.192. The van der Waals surface area contributed by atoms with Gasteiger partial charge in [0.05, 0.1) is 31.0 Å². The van der Waals surface area contributed by atoms with Crippen molar-refractivity contribution >= 4 is 5.91 Å². The summed E-state index contributed by atoms with van der Waals surface area (Å²) in [6, 6.07) is 0.316. The van der Waals surface area contributed by atoms with Crippen LogP contribution in [0.5, 0.6) is 0 Å². The predicted octanol–water partition coefficient (Wildman–Crippen LogP) is 0.884. The van der Waals surface area contributed by atoms with Gasteiger partial charge in [-0.2, -0.15) is 0 Å². The summed E-state index contributed by atoms with van der Waals surface area (Å²) in [5.41, 5.74) is 0.636. The number of rotatable bonds is 3. The van der Waals surface area contributed by atoms with E-state index in [1.165, 1.54) is 12.8 Å². The van der Waals surface area contributed by atoms with Crippen molar-refractivity contribution in [2.24, 2.45) is 0 Å². The SMILES string of the molecule is Cc1nc(C)c(C(=O)N[C@H]2COC[C@@H]2N2CCCC2)o1. The molecule has 3 heterocycles. The van der Waals surface area contributed by atoms with Crippen LogP contribution < -0.4 is 5.32 Å². The van der Waals surface area contributed by atoms with Crippen molar-refractivity contribution in [2.45, 2.75) is 38.8 Å². The van der Waals surface area contributed by atoms with E-state index in [9.17, 15) is 4.79 Å². The van der Waals surface area contributed by atoms with Crippen LogP contribution in [0.4, 0.5) is 0 Å². The number of amides is 1. The number of oxazole rings is 1. The van der Waals surface area contributed by atoms with Gasteiger partial charge in [-0.05, 0) is 32.9 Å². The quantitative estimate of drug-likeness (QED) is 0.890. The molecule has 0 unspecified atom stereocenters. The number of aryl methyl sites for hydroxylation is 2. The summed E-state index contributed by atoms with van der Waals surface area (Å²) in [6.45, 7) is 6.99. The molecule has 0 aromatic carbocycles. The second kappa shape index (κ2) is 5.54. The monoisotopic (exact) mass is 279 g/mol. The van der Waals surface area contributed by atoms with Gasteiger partial charge < -0.3 is 14.5 Å². The van der Waals surface area contributed by atoms with E-state index in [4.69, 9.17) is 9.15 Å². The number of carbonyl (C=O) groups is 1. The van der Waals surface area contributed by atoms with E-state index in [0.717, 1.165) is 13.1 Å². The Morgan fingerprint density at radius 3 is 2.70 bits per heavy atom. The molecule has 2 aliphatic heterocycles. The summed E-state index contributed by atoms with van der Waals surface area (Å²) in [5, 5.41) is 3.04. The van der Waals surface area contributed by atoms with Gasteiger partial charge >= 0.3 is 0 Å². The standard InChI is InChI=1S/C14H21N3O3/c1-9-13(20-10(2)15-9)14(18)16-11-7-19-8-12(11)17-5-3-4-6-17/h11-12H,3-8H2,1-2H3,(H,16,18)/t11-,12-/m0/s1. The number of aromatic nitrogens is 1. The first-order chi connectivity index (χ1) is 9.65. The van der Waals surface area contributed by atoms with Crippen LogP contribution in [0.15, 0.2) is 4.42 Å². The van der Waals surface area contributed by atoms with Crippen LogP contribution in [-0.2, 0) is 4.74 Å². The number of likely N-dealkylation sites (tertiary alicyclic amines) is 1. The molecular weight excluding hydrogens is 258 g/mol. The number of nitrogens with zero attached hydrogens (tertiary/aromatic N) is 2. The zero-order valence-corrected chi connectivity index (χ0v) is 12.0. The fraction of sp³-hybridized carbons (Fsp3) is 0.714. The van der Waals surface area contributed by atoms with Crippen LogP contribution in [0.2, 0.25) is 0 Å². The lowest BCUT2D eigenvalue weighted by molar-refractivity contribution is 0.0886. The molecule has 110 valence electrons. The molecular formula is C14H21N3O3. The summed E-state index contributed by atoms with van der Waals surface area (Å²) in [4.78, 5) is 18.8. The van der Waals surface area contributed by atoms with Gasteiger partial charge in [-0.25, -0.2) is 4.98 Å². The summed E-state index contributed by atoms with van der Waals surface area (Å²) in [6.07, 6.45) is 2.47. The molecule has 2 atom stereocenters. The zero-order valence-electron chi connectivity index (χ0n) is 12.0. The molecule has 1 aromatic heterocycles. The predicted molar refractivity (Wildman–Crippen MR) is 72.6 cm³/mol. The van der Waals surface area contributed by atoms with E-state index < -0.39 is 0 Å². The molecule has 1 aromatic rings. The van der Waals surface area contributed by atoms with E-state index in [1.807, 2.05) is 0 Å². The number of carbonyl (C=O) groups excluding carboxylic acids is 1. The highest BCUT2D eigenvalue weighted by Gasteiger charge is 2.36. The third-order valence-corrected chi connectivity index (χ3v) is 4.09. The van der Waals surface area contributed by atoms with E-state index in [1.54, 1.807) is 13.8 Å². The maximum absolute atomic E-state index is 12.3. The molecule has 6 heteroatoms. The lowest BCUT2D eigenvalue weighted by atomic mass is 10.1. The van der Waals surface area contributed by atoms with E-state index >= 15 is 0 Å². The smallest absolute Gasteiger partial charge is 0.289 e. The Bertz CT molecular complexity index is 494. The molecule has 1 amide bonds. The molecule has 2 aliphatic rings. The molecule has 2 fully saturated rings. The average Bonchev–Trinajstić information content (AvgIpc) is 3.09. The Balaban J connectivity index is 1.67. The van der Waals surface area contributed by atoms with E-state index in [0.29, 0.717) is 30.6 Å². The minimum absolute atomic E-state index is 0.0328. The van der Waals surface area contributed by atoms with Crippen molar-refractivity contribution in [3.63, 3.8) is 0 Å². The maximum Gasteiger partial charge on any atom is 0.289 e. The van der Waals surface area contributed by atoms with Crippen LogP contribution in [0.3, 0.4) is 0 Å². The van der Waals surface area contributed by atoms with Crippen LogP contribution in [0, 0.1) is 13.8 Å². The topological polar surface area (TPSA) is 67.6 Å². The van der Waals surface area contributed by atoms with Gasteiger partial charge in [0.2, 0.25) is 5.76 Å². The van der Waals surface area contributed by atoms with Gasteiger partial charge in [0.15, 0.2) is 5.89 Å². The molecule has 0 aliphatic carbocycles. The average molecular weight is 279 g/mol. The molecule has 3 rings (SSSR count). The highest BCUT2D eigenvalue weighted by Crippen LogP contribution is 2.20. The van der Waals surface area contributed by atoms with Gasteiger partial charge in [-0.1, -0.05) is 0 Å². The third kappa shape index (κ3) is 2.58. The summed E-state index contributed by atoms with van der Waals surface area (Å²) in [5.74, 6) is 0.642. The highest BCUT2D eigenvalue weighted by atomic mass is 16.5. The van der Waals surface area contributed by atoms with Crippen LogP contribution in [-0.4, -0.2) is 54.2 Å². The van der Waals surface area contributed by atoms with Crippen molar-refractivity contribution in [3.8, 4) is 0 Å². The van der Waals surface area contributed by atoms with Crippen molar-refractivity contribution in [2.75, 3.05) is 26.3 Å². The van der Waals surface area contributed by atoms with Gasteiger partial charge in [0, 0.05) is 6.92 Å². The van der Waals surface area contributed by atoms with Crippen molar-refractivity contribution in [1.29, 1.82) is 0 Å². The molecule has 1 N–H and O–H groups in total. The summed E-state index contributed by atoms with van der Waals surface area (Å²) < 4.78 is 10.9. The fourth-order valence-electron chi connectivity index (χ4n) is 3.09. The Hall–Kier alpha value is -1.40. The lowest BCUT2D eigenvalue weighted by Gasteiger charge is -2.27. The number of nitrogens with one attached hydrogen (secondary N) is 1. The fourth-order valence-corrected chi connectivity index (χ4v) is 3.09. The molecule has 0 saturated carbocycles. The molecule has 6 nitrogen and oxygen atoms in total. The third-order valence-electron chi connectivity index (χ3n) is 4.09. The summed E-state index contributed by atoms with van der Waals surface area (Å²) in [7, 11) is 0. The van der Waals surface area contributed by atoms with Gasteiger partial charge in [-0.3, -0.25) is 9.69 Å². The molecule has 0 radical (unpaired) electrons. The van der Waals surface area contributed by atoms with E-state index in [-0.39, 0.29) is 18.0 Å². The number of ether oxygens (including phenoxy) is 1. The first-order valence-electron chi connectivity index (χ1n) is 7.22. The first kappa shape index (κ1) is 13.6. The number of hydrogen-bond acceptors (Lipinski definition) is 5. The zero-order chi connectivity index (χ0) is 14.1. The van der Waals surface area contributed by atoms with Gasteiger partial charge in [0.1, 0.15) is 0 Å². The Morgan fingerprint density at radius 2 is 2.05 bits per heavy atom.